The summed E-state index contributed by atoms with van der Waals surface area (Å²) in [6, 6.07) is 6.79. The summed E-state index contributed by atoms with van der Waals surface area (Å²) in [5, 5.41) is 9.41. The van der Waals surface area contributed by atoms with Gasteiger partial charge in [-0.15, -0.1) is 12.4 Å². The van der Waals surface area contributed by atoms with Crippen LogP contribution < -0.4 is 16.0 Å². The van der Waals surface area contributed by atoms with Crippen molar-refractivity contribution in [2.45, 2.75) is 58.0 Å². The lowest BCUT2D eigenvalue weighted by Crippen LogP contribution is -2.39. The molecular weight excluding hydrogens is 326 g/mol. The van der Waals surface area contributed by atoms with E-state index >= 15 is 0 Å². The molecule has 0 saturated carbocycles. The van der Waals surface area contributed by atoms with E-state index < -0.39 is 0 Å². The highest BCUT2D eigenvalue weighted by Gasteiger charge is 2.34. The fourth-order valence-corrected chi connectivity index (χ4v) is 3.90. The summed E-state index contributed by atoms with van der Waals surface area (Å²) in [7, 11) is 0. The highest BCUT2D eigenvalue weighted by molar-refractivity contribution is 5.95. The summed E-state index contributed by atoms with van der Waals surface area (Å²) < 4.78 is 0. The average Bonchev–Trinajstić information content (AvgIpc) is 2.82. The smallest absolute Gasteiger partial charge is 0.224 e. The molecule has 2 atom stereocenters. The fourth-order valence-electron chi connectivity index (χ4n) is 3.90. The first-order valence-corrected chi connectivity index (χ1v) is 8.44. The van der Waals surface area contributed by atoms with Crippen LogP contribution in [0.25, 0.3) is 0 Å². The minimum Gasteiger partial charge on any atom is -0.326 e. The zero-order chi connectivity index (χ0) is 16.4. The molecule has 0 aromatic heterocycles. The molecule has 6 heteroatoms. The minimum absolute atomic E-state index is 0. The van der Waals surface area contributed by atoms with Crippen molar-refractivity contribution in [3.63, 3.8) is 0 Å². The van der Waals surface area contributed by atoms with E-state index in [2.05, 4.69) is 16.0 Å². The zero-order valence-corrected chi connectivity index (χ0v) is 15.0. The first kappa shape index (κ1) is 18.7. The molecule has 132 valence electrons. The summed E-state index contributed by atoms with van der Waals surface area (Å²) in [5.41, 5.74) is 2.41. The van der Waals surface area contributed by atoms with E-state index in [-0.39, 0.29) is 24.2 Å². The van der Waals surface area contributed by atoms with Gasteiger partial charge in [0, 0.05) is 36.8 Å². The predicted octanol–water partition coefficient (Wildman–Crippen LogP) is 3.23. The number of fused-ring (bicyclic) bond motifs is 2. The number of benzene rings is 1. The number of amides is 2. The molecule has 24 heavy (non-hydrogen) atoms. The van der Waals surface area contributed by atoms with Crippen LogP contribution in [0.2, 0.25) is 0 Å². The fraction of sp³-hybridized carbons (Fsp3) is 0.556. The molecule has 2 aliphatic heterocycles. The lowest BCUT2D eigenvalue weighted by Gasteiger charge is -2.28. The van der Waals surface area contributed by atoms with Gasteiger partial charge in [-0.1, -0.05) is 6.07 Å². The molecule has 5 nitrogen and oxygen atoms in total. The van der Waals surface area contributed by atoms with Crippen molar-refractivity contribution in [2.75, 3.05) is 10.6 Å². The Balaban J connectivity index is 0.00000208. The van der Waals surface area contributed by atoms with Gasteiger partial charge in [-0.05, 0) is 56.2 Å². The molecule has 2 aliphatic rings. The third kappa shape index (κ3) is 4.48. The van der Waals surface area contributed by atoms with E-state index in [0.717, 1.165) is 29.8 Å². The zero-order valence-electron chi connectivity index (χ0n) is 14.2. The van der Waals surface area contributed by atoms with Crippen molar-refractivity contribution in [3.05, 3.63) is 23.8 Å². The first-order valence-electron chi connectivity index (χ1n) is 8.44. The van der Waals surface area contributed by atoms with Crippen LogP contribution in [-0.2, 0) is 9.59 Å². The Morgan fingerprint density at radius 2 is 1.71 bits per heavy atom. The van der Waals surface area contributed by atoms with Crippen molar-refractivity contribution >= 4 is 35.6 Å². The normalized spacial score (nSPS) is 24.8. The van der Waals surface area contributed by atoms with E-state index in [1.54, 1.807) is 0 Å². The molecular formula is C18H26ClN3O2. The summed E-state index contributed by atoms with van der Waals surface area (Å²) in [6.07, 6.45) is 5.30. The quantitative estimate of drug-likeness (QED) is 0.780. The van der Waals surface area contributed by atoms with E-state index in [1.165, 1.54) is 19.8 Å². The van der Waals surface area contributed by atoms with E-state index in [9.17, 15) is 9.59 Å². The molecule has 2 bridgehead atoms. The maximum atomic E-state index is 12.4. The number of carbonyl (C=O) groups is 2. The van der Waals surface area contributed by atoms with Gasteiger partial charge in [0.05, 0.1) is 0 Å². The summed E-state index contributed by atoms with van der Waals surface area (Å²) in [4.78, 5) is 23.6. The summed E-state index contributed by atoms with van der Waals surface area (Å²) >= 11 is 0. The number of piperidine rings is 1. The Labute approximate surface area is 149 Å². The second kappa shape index (κ2) is 7.99. The van der Waals surface area contributed by atoms with Gasteiger partial charge < -0.3 is 16.0 Å². The predicted molar refractivity (Wildman–Crippen MR) is 98.6 cm³/mol. The molecule has 3 rings (SSSR count). The van der Waals surface area contributed by atoms with Gasteiger partial charge in [0.15, 0.2) is 0 Å². The molecule has 3 N–H and O–H groups in total. The summed E-state index contributed by atoms with van der Waals surface area (Å²) in [5.74, 6) is 0.439. The average molecular weight is 352 g/mol. The Morgan fingerprint density at radius 3 is 2.29 bits per heavy atom. The topological polar surface area (TPSA) is 70.2 Å². The van der Waals surface area contributed by atoms with Gasteiger partial charge in [-0.2, -0.15) is 0 Å². The highest BCUT2D eigenvalue weighted by Crippen LogP contribution is 2.33. The number of rotatable bonds is 4. The van der Waals surface area contributed by atoms with Gasteiger partial charge in [-0.3, -0.25) is 9.59 Å². The molecule has 2 fully saturated rings. The largest absolute Gasteiger partial charge is 0.326 e. The van der Waals surface area contributed by atoms with Gasteiger partial charge in [0.1, 0.15) is 0 Å². The number of nitrogens with one attached hydrogen (secondary N) is 3. The van der Waals surface area contributed by atoms with Crippen molar-refractivity contribution in [1.82, 2.24) is 5.32 Å². The van der Waals surface area contributed by atoms with Crippen molar-refractivity contribution in [3.8, 4) is 0 Å². The number of carbonyl (C=O) groups excluding carboxylic acids is 2. The third-order valence-corrected chi connectivity index (χ3v) is 4.96. The Morgan fingerprint density at radius 1 is 1.12 bits per heavy atom. The van der Waals surface area contributed by atoms with E-state index in [0.29, 0.717) is 24.4 Å². The molecule has 2 heterocycles. The van der Waals surface area contributed by atoms with Gasteiger partial charge in [0.25, 0.3) is 0 Å². The van der Waals surface area contributed by atoms with Crippen LogP contribution in [-0.4, -0.2) is 23.9 Å². The van der Waals surface area contributed by atoms with Crippen LogP contribution in [0.4, 0.5) is 11.4 Å². The van der Waals surface area contributed by atoms with Crippen molar-refractivity contribution < 1.29 is 9.59 Å². The second-order valence-electron chi connectivity index (χ2n) is 6.89. The van der Waals surface area contributed by atoms with Crippen molar-refractivity contribution in [2.24, 2.45) is 5.92 Å². The molecule has 2 unspecified atom stereocenters. The number of hydrogen-bond acceptors (Lipinski definition) is 3. The molecule has 0 aliphatic carbocycles. The van der Waals surface area contributed by atoms with Crippen LogP contribution in [0.3, 0.4) is 0 Å². The van der Waals surface area contributed by atoms with Crippen LogP contribution in [0, 0.1) is 12.8 Å². The van der Waals surface area contributed by atoms with Gasteiger partial charge in [-0.25, -0.2) is 0 Å². The third-order valence-electron chi connectivity index (χ3n) is 4.96. The van der Waals surface area contributed by atoms with Crippen LogP contribution >= 0.6 is 12.4 Å². The van der Waals surface area contributed by atoms with Crippen LogP contribution in [0.5, 0.6) is 0 Å². The Kier molecular flexibility index (Phi) is 6.24. The SMILES string of the molecule is CC(=O)Nc1cccc(NC(=O)CC2CC3CCC(C2)N3)c1C.Cl. The van der Waals surface area contributed by atoms with Gasteiger partial charge >= 0.3 is 0 Å². The number of halogens is 1. The second-order valence-corrected chi connectivity index (χ2v) is 6.89. The minimum atomic E-state index is -0.109. The number of hydrogen-bond donors (Lipinski definition) is 3. The molecule has 1 aromatic carbocycles. The monoisotopic (exact) mass is 351 g/mol. The Hall–Kier alpha value is -1.59. The Bertz CT molecular complexity index is 608. The first-order chi connectivity index (χ1) is 11.0. The maximum Gasteiger partial charge on any atom is 0.224 e. The molecule has 2 amide bonds. The standard InChI is InChI=1S/C18H25N3O2.ClH/c1-11-16(19-12(2)22)4-3-5-17(11)21-18(23)10-13-8-14-6-7-15(9-13)20-14;/h3-5,13-15,20H,6-10H2,1-2H3,(H,19,22)(H,21,23);1H. The summed E-state index contributed by atoms with van der Waals surface area (Å²) in [6.45, 7) is 3.39. The molecule has 0 radical (unpaired) electrons. The number of anilines is 2. The van der Waals surface area contributed by atoms with Gasteiger partial charge in [0.2, 0.25) is 11.8 Å². The maximum absolute atomic E-state index is 12.4. The van der Waals surface area contributed by atoms with Crippen LogP contribution in [0.15, 0.2) is 18.2 Å². The van der Waals surface area contributed by atoms with E-state index in [1.807, 2.05) is 25.1 Å². The van der Waals surface area contributed by atoms with E-state index in [4.69, 9.17) is 0 Å². The lowest BCUT2D eigenvalue weighted by atomic mass is 9.89. The van der Waals surface area contributed by atoms with Crippen molar-refractivity contribution in [1.29, 1.82) is 0 Å². The highest BCUT2D eigenvalue weighted by atomic mass is 35.5. The van der Waals surface area contributed by atoms with Crippen LogP contribution in [0.1, 0.15) is 44.6 Å². The lowest BCUT2D eigenvalue weighted by molar-refractivity contribution is -0.117. The molecule has 2 saturated heterocycles. The molecule has 0 spiro atoms. The molecule has 1 aromatic rings.